The second kappa shape index (κ2) is 4.31. The lowest BCUT2D eigenvalue weighted by Crippen LogP contribution is -2.36. The fraction of sp³-hybridized carbons (Fsp3) is 0.462. The number of aryl methyl sites for hydroxylation is 1. The fourth-order valence-electron chi connectivity index (χ4n) is 2.01. The molecule has 0 atom stereocenters. The number of nitrogens with one attached hydrogen (secondary N) is 1. The standard InChI is InChI=1S/C13H18ClN3/c1-5-17-11-7-6-9(14)8-10(11)16-12(17)13(2,3)15-4/h6-8,15H,5H2,1-4H3. The minimum absolute atomic E-state index is 0.151. The number of rotatable bonds is 3. The molecular formula is C13H18ClN3. The number of imidazole rings is 1. The van der Waals surface area contributed by atoms with E-state index in [1.807, 2.05) is 25.2 Å². The van der Waals surface area contributed by atoms with Gasteiger partial charge in [0, 0.05) is 11.6 Å². The second-order valence-electron chi connectivity index (χ2n) is 4.69. The monoisotopic (exact) mass is 251 g/mol. The largest absolute Gasteiger partial charge is 0.327 e. The molecule has 0 bridgehead atoms. The van der Waals surface area contributed by atoms with E-state index >= 15 is 0 Å². The lowest BCUT2D eigenvalue weighted by Gasteiger charge is -2.24. The van der Waals surface area contributed by atoms with Crippen LogP contribution in [0.25, 0.3) is 11.0 Å². The van der Waals surface area contributed by atoms with E-state index in [0.717, 1.165) is 28.4 Å². The highest BCUT2D eigenvalue weighted by atomic mass is 35.5. The van der Waals surface area contributed by atoms with Crippen molar-refractivity contribution in [1.29, 1.82) is 0 Å². The van der Waals surface area contributed by atoms with Crippen LogP contribution in [0.15, 0.2) is 18.2 Å². The third-order valence-electron chi connectivity index (χ3n) is 3.21. The van der Waals surface area contributed by atoms with Crippen LogP contribution in [0.4, 0.5) is 0 Å². The smallest absolute Gasteiger partial charge is 0.129 e. The van der Waals surface area contributed by atoms with Gasteiger partial charge in [-0.15, -0.1) is 0 Å². The first-order chi connectivity index (χ1) is 7.99. The quantitative estimate of drug-likeness (QED) is 0.908. The van der Waals surface area contributed by atoms with Gasteiger partial charge in [0.05, 0.1) is 16.6 Å². The minimum atomic E-state index is -0.151. The lowest BCUT2D eigenvalue weighted by atomic mass is 10.1. The molecule has 0 fully saturated rings. The molecule has 0 radical (unpaired) electrons. The fourth-order valence-corrected chi connectivity index (χ4v) is 2.18. The Balaban J connectivity index is 2.72. The number of fused-ring (bicyclic) bond motifs is 1. The predicted octanol–water partition coefficient (Wildman–Crippen LogP) is 3.16. The third-order valence-corrected chi connectivity index (χ3v) is 3.45. The number of hydrogen-bond acceptors (Lipinski definition) is 2. The third kappa shape index (κ3) is 2.05. The first-order valence-corrected chi connectivity index (χ1v) is 6.22. The van der Waals surface area contributed by atoms with Gasteiger partial charge in [-0.25, -0.2) is 4.98 Å². The van der Waals surface area contributed by atoms with Crippen LogP contribution >= 0.6 is 11.6 Å². The highest BCUT2D eigenvalue weighted by Crippen LogP contribution is 2.26. The van der Waals surface area contributed by atoms with E-state index in [-0.39, 0.29) is 5.54 Å². The van der Waals surface area contributed by atoms with E-state index in [9.17, 15) is 0 Å². The topological polar surface area (TPSA) is 29.9 Å². The zero-order chi connectivity index (χ0) is 12.6. The zero-order valence-corrected chi connectivity index (χ0v) is 11.5. The van der Waals surface area contributed by atoms with Crippen molar-refractivity contribution in [3.05, 3.63) is 29.0 Å². The molecule has 0 aliphatic heterocycles. The highest BCUT2D eigenvalue weighted by Gasteiger charge is 2.25. The SMILES string of the molecule is CCn1c(C(C)(C)NC)nc2cc(Cl)ccc21. The number of aromatic nitrogens is 2. The van der Waals surface area contributed by atoms with Gasteiger partial charge < -0.3 is 9.88 Å². The molecule has 1 aromatic heterocycles. The van der Waals surface area contributed by atoms with Gasteiger partial charge in [0.1, 0.15) is 5.82 Å². The molecule has 0 unspecified atom stereocenters. The summed E-state index contributed by atoms with van der Waals surface area (Å²) >= 11 is 6.01. The van der Waals surface area contributed by atoms with Crippen LogP contribution in [-0.2, 0) is 12.1 Å². The Morgan fingerprint density at radius 1 is 1.41 bits per heavy atom. The van der Waals surface area contributed by atoms with Crippen LogP contribution in [0.5, 0.6) is 0 Å². The Labute approximate surface area is 107 Å². The summed E-state index contributed by atoms with van der Waals surface area (Å²) in [6, 6.07) is 5.86. The van der Waals surface area contributed by atoms with E-state index in [4.69, 9.17) is 16.6 Å². The van der Waals surface area contributed by atoms with E-state index in [0.29, 0.717) is 0 Å². The predicted molar refractivity (Wildman–Crippen MR) is 72.5 cm³/mol. The first kappa shape index (κ1) is 12.4. The summed E-state index contributed by atoms with van der Waals surface area (Å²) in [6.07, 6.45) is 0. The molecule has 3 nitrogen and oxygen atoms in total. The Kier molecular flexibility index (Phi) is 3.15. The maximum Gasteiger partial charge on any atom is 0.129 e. The normalized spacial score (nSPS) is 12.3. The van der Waals surface area contributed by atoms with Crippen LogP contribution < -0.4 is 5.32 Å². The molecule has 1 heterocycles. The van der Waals surface area contributed by atoms with Crippen molar-refractivity contribution in [1.82, 2.24) is 14.9 Å². The number of nitrogens with zero attached hydrogens (tertiary/aromatic N) is 2. The van der Waals surface area contributed by atoms with Crippen molar-refractivity contribution in [3.8, 4) is 0 Å². The molecular weight excluding hydrogens is 234 g/mol. The van der Waals surface area contributed by atoms with Gasteiger partial charge >= 0.3 is 0 Å². The van der Waals surface area contributed by atoms with Crippen molar-refractivity contribution in [2.75, 3.05) is 7.05 Å². The van der Waals surface area contributed by atoms with Crippen molar-refractivity contribution in [2.24, 2.45) is 0 Å². The Bertz CT molecular complexity index is 543. The molecule has 0 aliphatic rings. The first-order valence-electron chi connectivity index (χ1n) is 5.84. The van der Waals surface area contributed by atoms with Crippen molar-refractivity contribution in [3.63, 3.8) is 0 Å². The summed E-state index contributed by atoms with van der Waals surface area (Å²) in [5.41, 5.74) is 1.94. The van der Waals surface area contributed by atoms with Crippen molar-refractivity contribution < 1.29 is 0 Å². The van der Waals surface area contributed by atoms with Gasteiger partial charge in [-0.05, 0) is 46.0 Å². The summed E-state index contributed by atoms with van der Waals surface area (Å²) in [5, 5.41) is 4.02. The van der Waals surface area contributed by atoms with Crippen LogP contribution in [0, 0.1) is 0 Å². The molecule has 0 amide bonds. The Hall–Kier alpha value is -1.06. The van der Waals surface area contributed by atoms with E-state index in [2.05, 4.69) is 30.7 Å². The zero-order valence-electron chi connectivity index (χ0n) is 10.7. The average Bonchev–Trinajstić information content (AvgIpc) is 2.67. The van der Waals surface area contributed by atoms with Gasteiger partial charge in [0.2, 0.25) is 0 Å². The second-order valence-corrected chi connectivity index (χ2v) is 5.12. The molecule has 0 saturated carbocycles. The van der Waals surface area contributed by atoms with Crippen molar-refractivity contribution in [2.45, 2.75) is 32.9 Å². The maximum absolute atomic E-state index is 6.01. The summed E-state index contributed by atoms with van der Waals surface area (Å²) < 4.78 is 2.22. The molecule has 0 spiro atoms. The van der Waals surface area contributed by atoms with E-state index in [1.165, 1.54) is 0 Å². The lowest BCUT2D eigenvalue weighted by molar-refractivity contribution is 0.400. The van der Waals surface area contributed by atoms with Crippen LogP contribution in [-0.4, -0.2) is 16.6 Å². The van der Waals surface area contributed by atoms with E-state index in [1.54, 1.807) is 0 Å². The number of halogens is 1. The Morgan fingerprint density at radius 3 is 2.71 bits per heavy atom. The molecule has 1 N–H and O–H groups in total. The summed E-state index contributed by atoms with van der Waals surface area (Å²) in [6.45, 7) is 7.29. The molecule has 92 valence electrons. The van der Waals surface area contributed by atoms with Crippen LogP contribution in [0.2, 0.25) is 5.02 Å². The molecule has 0 saturated heterocycles. The van der Waals surface area contributed by atoms with Crippen LogP contribution in [0.3, 0.4) is 0 Å². The molecule has 4 heteroatoms. The number of benzene rings is 1. The van der Waals surface area contributed by atoms with Gasteiger partial charge in [-0.1, -0.05) is 11.6 Å². The molecule has 2 aromatic rings. The molecule has 2 rings (SSSR count). The number of hydrogen-bond donors (Lipinski definition) is 1. The highest BCUT2D eigenvalue weighted by molar-refractivity contribution is 6.31. The summed E-state index contributed by atoms with van der Waals surface area (Å²) in [4.78, 5) is 4.70. The van der Waals surface area contributed by atoms with Gasteiger partial charge in [0.25, 0.3) is 0 Å². The average molecular weight is 252 g/mol. The maximum atomic E-state index is 6.01. The molecule has 1 aromatic carbocycles. The summed E-state index contributed by atoms with van der Waals surface area (Å²) in [5.74, 6) is 1.04. The molecule has 0 aliphatic carbocycles. The van der Waals surface area contributed by atoms with Gasteiger partial charge in [-0.3, -0.25) is 0 Å². The summed E-state index contributed by atoms with van der Waals surface area (Å²) in [7, 11) is 1.95. The Morgan fingerprint density at radius 2 is 2.12 bits per heavy atom. The van der Waals surface area contributed by atoms with Gasteiger partial charge in [-0.2, -0.15) is 0 Å². The van der Waals surface area contributed by atoms with Crippen molar-refractivity contribution >= 4 is 22.6 Å². The molecule has 17 heavy (non-hydrogen) atoms. The van der Waals surface area contributed by atoms with Gasteiger partial charge in [0.15, 0.2) is 0 Å². The van der Waals surface area contributed by atoms with Crippen LogP contribution in [0.1, 0.15) is 26.6 Å². The minimum Gasteiger partial charge on any atom is -0.327 e. The van der Waals surface area contributed by atoms with E-state index < -0.39 is 0 Å².